The Hall–Kier alpha value is -6.78. The highest BCUT2D eigenvalue weighted by molar-refractivity contribution is 5.99. The molecule has 0 bridgehead atoms. The van der Waals surface area contributed by atoms with Crippen LogP contribution in [-0.2, 0) is 57.5 Å². The van der Waals surface area contributed by atoms with Crippen LogP contribution in [0, 0.1) is 41.4 Å². The fourth-order valence-corrected chi connectivity index (χ4v) is 10.9. The van der Waals surface area contributed by atoms with E-state index in [1.54, 1.807) is 39.8 Å². The number of hydrogen-bond donors (Lipinski definition) is 10. The van der Waals surface area contributed by atoms with Gasteiger partial charge in [0.25, 0.3) is 0 Å². The Labute approximate surface area is 559 Å². The van der Waals surface area contributed by atoms with Crippen molar-refractivity contribution in [2.24, 2.45) is 47.2 Å². The first-order valence-electron chi connectivity index (χ1n) is 32.9. The highest BCUT2D eigenvalue weighted by Crippen LogP contribution is 2.24. The van der Waals surface area contributed by atoms with Crippen LogP contribution in [0.5, 0.6) is 0 Å². The van der Waals surface area contributed by atoms with Gasteiger partial charge in [-0.3, -0.25) is 52.7 Å². The number of nitrogens with one attached hydrogen (secondary N) is 5. The predicted molar refractivity (Wildman–Crippen MR) is 357 cm³/mol. The van der Waals surface area contributed by atoms with E-state index in [1.807, 2.05) is 69.2 Å². The zero-order valence-corrected chi connectivity index (χ0v) is 60.7. The first-order chi connectivity index (χ1) is 43.2. The second-order valence-corrected chi connectivity index (χ2v) is 28.0. The van der Waals surface area contributed by atoms with Gasteiger partial charge in [0.15, 0.2) is 6.04 Å². The maximum Gasteiger partial charge on any atom is 0.328 e. The number of aliphatic hydroxyl groups excluding tert-OH is 3. The van der Waals surface area contributed by atoms with Crippen LogP contribution >= 0.6 is 0 Å². The summed E-state index contributed by atoms with van der Waals surface area (Å²) in [5, 5.41) is 54.7. The van der Waals surface area contributed by atoms with E-state index < -0.39 is 174 Å². The number of carbonyl (C=O) groups excluding carboxylic acids is 11. The molecule has 0 saturated heterocycles. The number of nitrogens with two attached hydrogens (primary N) is 1. The summed E-state index contributed by atoms with van der Waals surface area (Å²) in [6.45, 7) is 29.9. The number of allylic oxidation sites excluding steroid dienone is 2. The number of aliphatic hydroxyl groups is 3. The predicted octanol–water partition coefficient (Wildman–Crippen LogP) is 1.07. The van der Waals surface area contributed by atoms with E-state index in [0.717, 1.165) is 26.5 Å². The van der Waals surface area contributed by atoms with Crippen LogP contribution in [0.25, 0.3) is 0 Å². The molecule has 0 unspecified atom stereocenters. The summed E-state index contributed by atoms with van der Waals surface area (Å²) >= 11 is 0. The van der Waals surface area contributed by atoms with E-state index in [1.165, 1.54) is 72.9 Å². The molecule has 0 aromatic heterocycles. The first-order valence-corrected chi connectivity index (χ1v) is 32.9. The van der Waals surface area contributed by atoms with Crippen LogP contribution in [0.1, 0.15) is 163 Å². The maximum atomic E-state index is 14.8. The average Bonchev–Trinajstić information content (AvgIpc) is 0.815. The van der Waals surface area contributed by atoms with Crippen molar-refractivity contribution in [2.75, 3.05) is 48.8 Å². The molecule has 28 heteroatoms. The molecule has 0 fully saturated rings. The van der Waals surface area contributed by atoms with Crippen molar-refractivity contribution in [3.8, 4) is 0 Å². The highest BCUT2D eigenvalue weighted by Gasteiger charge is 2.45. The SMILES string of the molecule is C/C=C/C[C@@H](C)[C@@H](O)[C@@H](C(=O)N[C@H](C(=O)O)[C@@H](C)O)N(C)C(=O)[C@H](C(C)C)N(C)C(=O)[C@H](CC(C)C)NC(=O)[C@H](CC(C)C)N(C)C(=O)[C@@H](C)NC(=O)[C@H](C)NC(=O)[C@H](CC(C)C)N(C)C(=O)[C@H](CC(C)C)NC(=O)[C@H](CC(C)C)N(C)C(=O)CN(C)C(=O)[C@@H](N)[C@@H](C)O. The van der Waals surface area contributed by atoms with Gasteiger partial charge >= 0.3 is 5.97 Å². The van der Waals surface area contributed by atoms with Crippen molar-refractivity contribution >= 4 is 70.9 Å². The molecule has 0 spiro atoms. The van der Waals surface area contributed by atoms with Gasteiger partial charge in [-0.25, -0.2) is 4.79 Å². The molecule has 0 aromatic carbocycles. The minimum atomic E-state index is -1.79. The van der Waals surface area contributed by atoms with Gasteiger partial charge in [-0.05, 0) is 115 Å². The van der Waals surface area contributed by atoms with Crippen molar-refractivity contribution in [3.05, 3.63) is 12.2 Å². The zero-order chi connectivity index (χ0) is 73.4. The number of carboxylic acid groups (broad SMARTS) is 1. The van der Waals surface area contributed by atoms with Crippen LogP contribution in [0.3, 0.4) is 0 Å². The third-order valence-corrected chi connectivity index (χ3v) is 16.5. The average molecular weight is 1340 g/mol. The van der Waals surface area contributed by atoms with E-state index >= 15 is 0 Å². The Morgan fingerprint density at radius 2 is 0.809 bits per heavy atom. The van der Waals surface area contributed by atoms with E-state index in [2.05, 4.69) is 26.6 Å². The molecule has 540 valence electrons. The minimum absolute atomic E-state index is 0.0688. The van der Waals surface area contributed by atoms with Gasteiger partial charge in [0.1, 0.15) is 60.4 Å². The lowest BCUT2D eigenvalue weighted by atomic mass is 9.91. The number of aliphatic carboxylic acids is 1. The lowest BCUT2D eigenvalue weighted by Gasteiger charge is -2.40. The van der Waals surface area contributed by atoms with Crippen LogP contribution in [-0.4, -0.2) is 254 Å². The van der Waals surface area contributed by atoms with E-state index in [9.17, 15) is 78.0 Å². The van der Waals surface area contributed by atoms with Crippen molar-refractivity contribution < 1.29 is 78.0 Å². The van der Waals surface area contributed by atoms with Gasteiger partial charge in [0.05, 0.1) is 24.9 Å². The van der Waals surface area contributed by atoms with Gasteiger partial charge in [0.2, 0.25) is 65.0 Å². The second kappa shape index (κ2) is 40.6. The first kappa shape index (κ1) is 87.2. The van der Waals surface area contributed by atoms with Crippen molar-refractivity contribution in [1.82, 2.24) is 56.0 Å². The summed E-state index contributed by atoms with van der Waals surface area (Å²) in [7, 11) is 8.16. The smallest absolute Gasteiger partial charge is 0.328 e. The molecule has 0 aromatic rings. The molecular weight excluding hydrogens is 1220 g/mol. The van der Waals surface area contributed by atoms with Gasteiger partial charge in [-0.15, -0.1) is 0 Å². The normalized spacial score (nSPS) is 16.6. The third-order valence-electron chi connectivity index (χ3n) is 16.5. The minimum Gasteiger partial charge on any atom is -0.480 e. The van der Waals surface area contributed by atoms with E-state index in [0.29, 0.717) is 0 Å². The molecule has 0 aliphatic heterocycles. The molecule has 11 amide bonds. The summed E-state index contributed by atoms with van der Waals surface area (Å²) < 4.78 is 0. The largest absolute Gasteiger partial charge is 0.480 e. The third kappa shape index (κ3) is 27.1. The Bertz CT molecular complexity index is 2560. The number of likely N-dealkylation sites (N-methyl/N-ethyl adjacent to an activating group) is 6. The van der Waals surface area contributed by atoms with Gasteiger partial charge in [0, 0.05) is 42.3 Å². The Morgan fingerprint density at radius 3 is 1.19 bits per heavy atom. The van der Waals surface area contributed by atoms with Gasteiger partial charge in [-0.1, -0.05) is 102 Å². The molecule has 15 atom stereocenters. The zero-order valence-electron chi connectivity index (χ0n) is 60.7. The number of carbonyl (C=O) groups is 12. The molecule has 0 aliphatic rings. The molecule has 28 nitrogen and oxygen atoms in total. The Balaban J connectivity index is 6.87. The van der Waals surface area contributed by atoms with Crippen molar-refractivity contribution in [1.29, 1.82) is 0 Å². The molecule has 0 rings (SSSR count). The fourth-order valence-electron chi connectivity index (χ4n) is 10.9. The maximum absolute atomic E-state index is 14.8. The quantitative estimate of drug-likeness (QED) is 0.0384. The second-order valence-electron chi connectivity index (χ2n) is 28.0. The number of hydrogen-bond acceptors (Lipinski definition) is 16. The van der Waals surface area contributed by atoms with Crippen LogP contribution < -0.4 is 32.3 Å². The van der Waals surface area contributed by atoms with Crippen LogP contribution in [0.2, 0.25) is 0 Å². The topological polar surface area (TPSA) is 391 Å². The monoisotopic (exact) mass is 1340 g/mol. The molecule has 0 aliphatic carbocycles. The molecule has 0 radical (unpaired) electrons. The Kier molecular flexibility index (Phi) is 37.7. The van der Waals surface area contributed by atoms with Crippen LogP contribution in [0.15, 0.2) is 12.2 Å². The number of amides is 11. The lowest BCUT2D eigenvalue weighted by molar-refractivity contribution is -0.155. The summed E-state index contributed by atoms with van der Waals surface area (Å²) in [5.74, 6) is -11.7. The fraction of sp³-hybridized carbons (Fsp3) is 0.788. The molecule has 0 saturated carbocycles. The molecular formula is C66H120N12O16. The van der Waals surface area contributed by atoms with E-state index in [-0.39, 0.29) is 68.1 Å². The summed E-state index contributed by atoms with van der Waals surface area (Å²) in [5.41, 5.74) is 5.82. The Morgan fingerprint density at radius 1 is 0.426 bits per heavy atom. The van der Waals surface area contributed by atoms with E-state index in [4.69, 9.17) is 5.73 Å². The number of nitrogens with zero attached hydrogens (tertiary/aromatic N) is 6. The van der Waals surface area contributed by atoms with Crippen molar-refractivity contribution in [3.63, 3.8) is 0 Å². The highest BCUT2D eigenvalue weighted by atomic mass is 16.4. The number of carboxylic acids is 1. The van der Waals surface area contributed by atoms with Gasteiger partial charge < -0.3 is 82.1 Å². The van der Waals surface area contributed by atoms with Gasteiger partial charge in [-0.2, -0.15) is 0 Å². The van der Waals surface area contributed by atoms with Crippen LogP contribution in [0.4, 0.5) is 0 Å². The lowest BCUT2D eigenvalue weighted by Crippen LogP contribution is -2.63. The molecule has 11 N–H and O–H groups in total. The summed E-state index contributed by atoms with van der Waals surface area (Å²) in [4.78, 5) is 175. The summed E-state index contributed by atoms with van der Waals surface area (Å²) in [6.07, 6.45) is 0.0855. The van der Waals surface area contributed by atoms with Crippen molar-refractivity contribution in [2.45, 2.75) is 248 Å². The standard InChI is InChI=1S/C66H120N12O16/c1-25-26-27-40(14)55(82)54(60(87)72-52(44(18)80)66(93)94)78(24)65(92)53(39(12)13)77(23)63(90)46(29-35(4)5)71-59(86)49(32-38(10)11)75(21)61(88)42(16)69-56(83)41(15)68-57(84)48(31-37(8)9)76(22)62(89)45(28-34(2)3)70-58(85)47(30-36(6)7)74(20)50(81)33-73(19)64(91)51(67)43(17)79/h25-26,34-49,51-55,79-80,82H,27-33,67H2,1-24H3,(H,68,84)(H,69,83)(H,70,85)(H,71,86)(H,72,87)(H,93,94)/b26-25+/t40-,41+,42-,43-,44-,45+,46+,47+,48+,49+,51+,52+,53+,54+,55-/m1/s1. The summed E-state index contributed by atoms with van der Waals surface area (Å²) in [6, 6.07) is -14.5. The molecule has 94 heavy (non-hydrogen) atoms. The number of rotatable bonds is 40. The molecule has 0 heterocycles.